The average Bonchev–Trinajstić information content (AvgIpc) is 3.06. The molecule has 3 rings (SSSR count). The number of hydrogen-bond acceptors (Lipinski definition) is 4. The van der Waals surface area contributed by atoms with Gasteiger partial charge in [-0.1, -0.05) is 44.2 Å². The van der Waals surface area contributed by atoms with Crippen LogP contribution >= 0.6 is 0 Å². The average molecular weight is 306 g/mol. The van der Waals surface area contributed by atoms with Crippen molar-refractivity contribution < 1.29 is 19.1 Å². The topological polar surface area (TPSA) is 76.7 Å². The van der Waals surface area contributed by atoms with Crippen LogP contribution in [0.1, 0.15) is 32.4 Å². The molecule has 2 aliphatic heterocycles. The lowest BCUT2D eigenvalue weighted by Gasteiger charge is -2.12. The van der Waals surface area contributed by atoms with Crippen LogP contribution in [-0.4, -0.2) is 30.9 Å². The zero-order chi connectivity index (χ0) is 16.1. The molecule has 2 aliphatic rings. The van der Waals surface area contributed by atoms with E-state index in [2.05, 4.69) is 29.2 Å². The maximum atomic E-state index is 10.9. The van der Waals surface area contributed by atoms with Gasteiger partial charge in [0, 0.05) is 0 Å². The molecule has 0 unspecified atom stereocenters. The standard InChI is InChI=1S/C10H11NO2.C6H11NO2/c1-7-9(13-10(12)11-7)8-5-3-2-4-6-8;1-4(2)5-3-9-6(8)7-5/h2-7,9H,1H3,(H,11,12);4-5H,3H2,1-2H3,(H,7,8)/t7-,9-;5-/m11/s1. The normalized spacial score (nSPS) is 26.5. The summed E-state index contributed by atoms with van der Waals surface area (Å²) < 4.78 is 9.79. The summed E-state index contributed by atoms with van der Waals surface area (Å²) in [7, 11) is 0. The number of hydrogen-bond donors (Lipinski definition) is 2. The van der Waals surface area contributed by atoms with Gasteiger partial charge >= 0.3 is 12.2 Å². The number of alkyl carbamates (subject to hydrolysis) is 2. The highest BCUT2D eigenvalue weighted by Crippen LogP contribution is 2.25. The molecule has 2 heterocycles. The van der Waals surface area contributed by atoms with Gasteiger partial charge in [-0.3, -0.25) is 0 Å². The number of rotatable bonds is 2. The highest BCUT2D eigenvalue weighted by molar-refractivity contribution is 5.70. The molecule has 2 N–H and O–H groups in total. The first-order chi connectivity index (χ1) is 10.5. The molecule has 2 amide bonds. The van der Waals surface area contributed by atoms with E-state index in [9.17, 15) is 9.59 Å². The minimum Gasteiger partial charge on any atom is -0.447 e. The third-order valence-electron chi connectivity index (χ3n) is 3.66. The number of amides is 2. The summed E-state index contributed by atoms with van der Waals surface area (Å²) in [6.45, 7) is 6.57. The quantitative estimate of drug-likeness (QED) is 0.880. The lowest BCUT2D eigenvalue weighted by Crippen LogP contribution is -2.30. The van der Waals surface area contributed by atoms with Gasteiger partial charge in [-0.15, -0.1) is 0 Å². The lowest BCUT2D eigenvalue weighted by molar-refractivity contribution is 0.134. The molecule has 0 bridgehead atoms. The number of nitrogens with one attached hydrogen (secondary N) is 2. The molecule has 1 aromatic carbocycles. The fourth-order valence-corrected chi connectivity index (χ4v) is 2.27. The first-order valence-electron chi connectivity index (χ1n) is 7.42. The Morgan fingerprint density at radius 1 is 1.09 bits per heavy atom. The van der Waals surface area contributed by atoms with E-state index >= 15 is 0 Å². The molecule has 0 spiro atoms. The fraction of sp³-hybridized carbons (Fsp3) is 0.500. The van der Waals surface area contributed by atoms with Crippen molar-refractivity contribution in [3.8, 4) is 0 Å². The van der Waals surface area contributed by atoms with Crippen LogP contribution in [-0.2, 0) is 9.47 Å². The van der Waals surface area contributed by atoms with Gasteiger partial charge in [0.05, 0.1) is 12.1 Å². The number of cyclic esters (lactones) is 2. The summed E-state index contributed by atoms with van der Waals surface area (Å²) in [5, 5.41) is 5.40. The Bertz CT molecular complexity index is 518. The Labute approximate surface area is 130 Å². The van der Waals surface area contributed by atoms with Crippen molar-refractivity contribution in [3.63, 3.8) is 0 Å². The first-order valence-corrected chi connectivity index (χ1v) is 7.42. The Balaban J connectivity index is 0.000000172. The summed E-state index contributed by atoms with van der Waals surface area (Å²) >= 11 is 0. The van der Waals surface area contributed by atoms with E-state index in [1.54, 1.807) is 0 Å². The zero-order valence-electron chi connectivity index (χ0n) is 13.0. The van der Waals surface area contributed by atoms with Gasteiger partial charge < -0.3 is 20.1 Å². The second-order valence-electron chi connectivity index (χ2n) is 5.76. The minimum atomic E-state index is -0.332. The zero-order valence-corrected chi connectivity index (χ0v) is 13.0. The predicted octanol–water partition coefficient (Wildman–Crippen LogP) is 2.61. The van der Waals surface area contributed by atoms with E-state index in [0.717, 1.165) is 5.56 Å². The molecule has 0 aliphatic carbocycles. The molecule has 22 heavy (non-hydrogen) atoms. The van der Waals surface area contributed by atoms with Crippen LogP contribution in [0.15, 0.2) is 30.3 Å². The van der Waals surface area contributed by atoms with E-state index in [0.29, 0.717) is 12.5 Å². The maximum absolute atomic E-state index is 10.9. The van der Waals surface area contributed by atoms with Crippen molar-refractivity contribution >= 4 is 12.2 Å². The molecule has 3 atom stereocenters. The van der Waals surface area contributed by atoms with Gasteiger partial charge in [0.1, 0.15) is 12.7 Å². The highest BCUT2D eigenvalue weighted by atomic mass is 16.6. The minimum absolute atomic E-state index is 0.0508. The largest absolute Gasteiger partial charge is 0.447 e. The molecule has 2 saturated heterocycles. The predicted molar refractivity (Wildman–Crippen MR) is 81.4 cm³/mol. The summed E-state index contributed by atoms with van der Waals surface area (Å²) in [5.41, 5.74) is 1.04. The molecular weight excluding hydrogens is 284 g/mol. The molecule has 120 valence electrons. The van der Waals surface area contributed by atoms with Crippen LogP contribution in [0.3, 0.4) is 0 Å². The SMILES string of the molecule is CC(C)[C@H]1COC(=O)N1.C[C@H]1NC(=O)O[C@H]1c1ccccc1. The van der Waals surface area contributed by atoms with Crippen molar-refractivity contribution in [2.75, 3.05) is 6.61 Å². The Morgan fingerprint density at radius 2 is 1.77 bits per heavy atom. The Hall–Kier alpha value is -2.24. The van der Waals surface area contributed by atoms with Gasteiger partial charge in [-0.25, -0.2) is 9.59 Å². The molecule has 0 saturated carbocycles. The first kappa shape index (κ1) is 16.1. The number of carbonyl (C=O) groups excluding carboxylic acids is 2. The van der Waals surface area contributed by atoms with E-state index in [-0.39, 0.29) is 30.4 Å². The van der Waals surface area contributed by atoms with Crippen LogP contribution in [0.25, 0.3) is 0 Å². The van der Waals surface area contributed by atoms with E-state index in [4.69, 9.17) is 4.74 Å². The third kappa shape index (κ3) is 4.13. The van der Waals surface area contributed by atoms with Gasteiger partial charge in [0.25, 0.3) is 0 Å². The monoisotopic (exact) mass is 306 g/mol. The van der Waals surface area contributed by atoms with Crippen LogP contribution in [0.2, 0.25) is 0 Å². The fourth-order valence-electron chi connectivity index (χ4n) is 2.27. The summed E-state index contributed by atoms with van der Waals surface area (Å²) in [6.07, 6.45) is -0.760. The van der Waals surface area contributed by atoms with Crippen LogP contribution in [0.5, 0.6) is 0 Å². The molecule has 6 nitrogen and oxygen atoms in total. The van der Waals surface area contributed by atoms with Crippen molar-refractivity contribution in [1.29, 1.82) is 0 Å². The van der Waals surface area contributed by atoms with Crippen molar-refractivity contribution in [2.24, 2.45) is 5.92 Å². The number of benzene rings is 1. The van der Waals surface area contributed by atoms with Gasteiger partial charge in [0.15, 0.2) is 0 Å². The number of ether oxygens (including phenoxy) is 2. The molecule has 0 aromatic heterocycles. The molecular formula is C16H22N2O4. The van der Waals surface area contributed by atoms with Gasteiger partial charge in [-0.05, 0) is 18.4 Å². The Morgan fingerprint density at radius 3 is 2.18 bits per heavy atom. The van der Waals surface area contributed by atoms with Gasteiger partial charge in [0.2, 0.25) is 0 Å². The molecule has 6 heteroatoms. The summed E-state index contributed by atoms with van der Waals surface area (Å²) in [4.78, 5) is 21.3. The van der Waals surface area contributed by atoms with E-state index in [1.165, 1.54) is 0 Å². The van der Waals surface area contributed by atoms with Crippen LogP contribution in [0.4, 0.5) is 9.59 Å². The Kier molecular flexibility index (Phi) is 5.25. The van der Waals surface area contributed by atoms with E-state index in [1.807, 2.05) is 37.3 Å². The smallest absolute Gasteiger partial charge is 0.408 e. The van der Waals surface area contributed by atoms with Crippen molar-refractivity contribution in [3.05, 3.63) is 35.9 Å². The van der Waals surface area contributed by atoms with Crippen LogP contribution in [0, 0.1) is 5.92 Å². The van der Waals surface area contributed by atoms with E-state index < -0.39 is 0 Å². The van der Waals surface area contributed by atoms with Crippen molar-refractivity contribution in [1.82, 2.24) is 10.6 Å². The maximum Gasteiger partial charge on any atom is 0.408 e. The number of carbonyl (C=O) groups is 2. The van der Waals surface area contributed by atoms with Crippen molar-refractivity contribution in [2.45, 2.75) is 39.0 Å². The second-order valence-corrected chi connectivity index (χ2v) is 5.76. The third-order valence-corrected chi connectivity index (χ3v) is 3.66. The molecule has 2 fully saturated rings. The van der Waals surface area contributed by atoms with Crippen LogP contribution < -0.4 is 10.6 Å². The van der Waals surface area contributed by atoms with Gasteiger partial charge in [-0.2, -0.15) is 0 Å². The second kappa shape index (κ2) is 7.15. The highest BCUT2D eigenvalue weighted by Gasteiger charge is 2.31. The lowest BCUT2D eigenvalue weighted by atomic mass is 10.0. The summed E-state index contributed by atoms with van der Waals surface area (Å²) in [5.74, 6) is 0.469. The molecule has 0 radical (unpaired) electrons. The molecule has 1 aromatic rings. The summed E-state index contributed by atoms with van der Waals surface area (Å²) in [6, 6.07) is 10.0.